The molecule has 0 aliphatic rings. The van der Waals surface area contributed by atoms with Crippen molar-refractivity contribution in [1.29, 1.82) is 0 Å². The first kappa shape index (κ1) is 15.0. The second-order valence-corrected chi connectivity index (χ2v) is 4.54. The van der Waals surface area contributed by atoms with Gasteiger partial charge in [-0.2, -0.15) is 0 Å². The summed E-state index contributed by atoms with van der Waals surface area (Å²) in [6.45, 7) is 0. The van der Waals surface area contributed by atoms with Crippen LogP contribution in [0.5, 0.6) is 5.75 Å². The lowest BCUT2D eigenvalue weighted by Gasteiger charge is -2.13. The van der Waals surface area contributed by atoms with E-state index in [1.165, 1.54) is 18.2 Å². The summed E-state index contributed by atoms with van der Waals surface area (Å²) in [4.78, 5) is 33.1. The standard InChI is InChI=1S/C11H10BrNO6/c12-5-1-2-8(14)6(3-5)10(17)13-7(11(18)19)4-9(15)16/h1-3,7,14H,4H2,(H,13,17)(H,15,16)(H,18,19). The first-order chi connectivity index (χ1) is 8.81. The zero-order chi connectivity index (χ0) is 14.6. The van der Waals surface area contributed by atoms with Crippen LogP contribution in [0.25, 0.3) is 0 Å². The molecule has 0 aromatic heterocycles. The van der Waals surface area contributed by atoms with E-state index in [1.807, 2.05) is 5.32 Å². The molecule has 4 N–H and O–H groups in total. The molecule has 0 bridgehead atoms. The molecule has 19 heavy (non-hydrogen) atoms. The number of rotatable bonds is 5. The van der Waals surface area contributed by atoms with E-state index in [0.717, 1.165) is 0 Å². The van der Waals surface area contributed by atoms with E-state index in [9.17, 15) is 19.5 Å². The van der Waals surface area contributed by atoms with Crippen molar-refractivity contribution in [3.63, 3.8) is 0 Å². The highest BCUT2D eigenvalue weighted by Gasteiger charge is 2.24. The lowest BCUT2D eigenvalue weighted by Crippen LogP contribution is -2.42. The highest BCUT2D eigenvalue weighted by molar-refractivity contribution is 9.10. The Morgan fingerprint density at radius 3 is 2.42 bits per heavy atom. The molecule has 0 saturated carbocycles. The van der Waals surface area contributed by atoms with Gasteiger partial charge in [0, 0.05) is 4.47 Å². The summed E-state index contributed by atoms with van der Waals surface area (Å²) in [5.41, 5.74) is -0.147. The summed E-state index contributed by atoms with van der Waals surface area (Å²) >= 11 is 3.10. The fourth-order valence-electron chi connectivity index (χ4n) is 1.30. The van der Waals surface area contributed by atoms with Gasteiger partial charge in [0.15, 0.2) is 0 Å². The number of carbonyl (C=O) groups is 3. The number of carboxylic acids is 2. The summed E-state index contributed by atoms with van der Waals surface area (Å²) in [5, 5.41) is 28.9. The van der Waals surface area contributed by atoms with Gasteiger partial charge >= 0.3 is 11.9 Å². The molecule has 1 unspecified atom stereocenters. The lowest BCUT2D eigenvalue weighted by atomic mass is 10.1. The zero-order valence-electron chi connectivity index (χ0n) is 9.46. The minimum atomic E-state index is -1.57. The van der Waals surface area contributed by atoms with Crippen molar-refractivity contribution >= 4 is 33.8 Å². The third-order valence-corrected chi connectivity index (χ3v) is 2.68. The number of nitrogens with one attached hydrogen (secondary N) is 1. The molecule has 1 amide bonds. The lowest BCUT2D eigenvalue weighted by molar-refractivity contribution is -0.145. The van der Waals surface area contributed by atoms with Crippen LogP contribution in [-0.2, 0) is 9.59 Å². The number of aliphatic carboxylic acids is 2. The van der Waals surface area contributed by atoms with Gasteiger partial charge < -0.3 is 20.6 Å². The second kappa shape index (κ2) is 6.19. The Kier molecular flexibility index (Phi) is 4.87. The number of phenols is 1. The molecule has 8 heteroatoms. The number of carboxylic acid groups (broad SMARTS) is 2. The predicted molar refractivity (Wildman–Crippen MR) is 66.9 cm³/mol. The Morgan fingerprint density at radius 2 is 1.89 bits per heavy atom. The number of hydrogen-bond donors (Lipinski definition) is 4. The fourth-order valence-corrected chi connectivity index (χ4v) is 1.66. The molecule has 102 valence electrons. The van der Waals surface area contributed by atoms with Crippen LogP contribution in [0.2, 0.25) is 0 Å². The summed E-state index contributed by atoms with van der Waals surface area (Å²) in [6, 6.07) is 2.48. The molecule has 0 aliphatic carbocycles. The van der Waals surface area contributed by atoms with Gasteiger partial charge in [-0.15, -0.1) is 0 Å². The SMILES string of the molecule is O=C(O)CC(NC(=O)c1cc(Br)ccc1O)C(=O)O. The molecule has 0 heterocycles. The summed E-state index contributed by atoms with van der Waals surface area (Å²) in [7, 11) is 0. The first-order valence-electron chi connectivity index (χ1n) is 5.05. The van der Waals surface area contributed by atoms with Crippen LogP contribution in [0, 0.1) is 0 Å². The van der Waals surface area contributed by atoms with E-state index < -0.39 is 30.3 Å². The van der Waals surface area contributed by atoms with Crippen LogP contribution in [-0.4, -0.2) is 39.2 Å². The van der Waals surface area contributed by atoms with Crippen molar-refractivity contribution in [3.8, 4) is 5.75 Å². The van der Waals surface area contributed by atoms with E-state index in [2.05, 4.69) is 15.9 Å². The van der Waals surface area contributed by atoms with Gasteiger partial charge in [-0.05, 0) is 18.2 Å². The number of aromatic hydroxyl groups is 1. The average molecular weight is 332 g/mol. The van der Waals surface area contributed by atoms with Crippen molar-refractivity contribution in [2.45, 2.75) is 12.5 Å². The minimum Gasteiger partial charge on any atom is -0.507 e. The maximum atomic E-state index is 11.8. The molecular formula is C11H10BrNO6. The molecule has 1 aromatic carbocycles. The molecule has 0 fully saturated rings. The van der Waals surface area contributed by atoms with Gasteiger partial charge in [0.05, 0.1) is 12.0 Å². The zero-order valence-corrected chi connectivity index (χ0v) is 11.0. The van der Waals surface area contributed by atoms with Crippen LogP contribution in [0.1, 0.15) is 16.8 Å². The largest absolute Gasteiger partial charge is 0.507 e. The van der Waals surface area contributed by atoms with Gasteiger partial charge in [-0.3, -0.25) is 9.59 Å². The Hall–Kier alpha value is -2.09. The van der Waals surface area contributed by atoms with Crippen LogP contribution in [0.4, 0.5) is 0 Å². The van der Waals surface area contributed by atoms with Crippen molar-refractivity contribution < 1.29 is 29.7 Å². The predicted octanol–water partition coefficient (Wildman–Crippen LogP) is 0.812. The molecule has 1 atom stereocenters. The molecule has 1 rings (SSSR count). The van der Waals surface area contributed by atoms with E-state index >= 15 is 0 Å². The Bertz CT molecular complexity index is 530. The maximum absolute atomic E-state index is 11.8. The van der Waals surface area contributed by atoms with Crippen LogP contribution >= 0.6 is 15.9 Å². The third kappa shape index (κ3) is 4.25. The maximum Gasteiger partial charge on any atom is 0.326 e. The number of hydrogen-bond acceptors (Lipinski definition) is 4. The highest BCUT2D eigenvalue weighted by Crippen LogP contribution is 2.21. The van der Waals surface area contributed by atoms with Crippen molar-refractivity contribution in [1.82, 2.24) is 5.32 Å². The van der Waals surface area contributed by atoms with Crippen LogP contribution in [0.3, 0.4) is 0 Å². The van der Waals surface area contributed by atoms with Crippen molar-refractivity contribution in [3.05, 3.63) is 28.2 Å². The van der Waals surface area contributed by atoms with E-state index in [1.54, 1.807) is 0 Å². The number of amides is 1. The third-order valence-electron chi connectivity index (χ3n) is 2.19. The molecule has 0 radical (unpaired) electrons. The minimum absolute atomic E-state index is 0.147. The van der Waals surface area contributed by atoms with Crippen molar-refractivity contribution in [2.24, 2.45) is 0 Å². The Labute approximate surface area is 116 Å². The quantitative estimate of drug-likeness (QED) is 0.633. The second-order valence-electron chi connectivity index (χ2n) is 3.62. The van der Waals surface area contributed by atoms with Crippen molar-refractivity contribution in [2.75, 3.05) is 0 Å². The number of carbonyl (C=O) groups excluding carboxylic acids is 1. The normalized spacial score (nSPS) is 11.6. The number of benzene rings is 1. The summed E-state index contributed by atoms with van der Waals surface area (Å²) in [5.74, 6) is -4.02. The first-order valence-corrected chi connectivity index (χ1v) is 5.84. The van der Waals surface area contributed by atoms with Gasteiger partial charge in [0.1, 0.15) is 11.8 Å². The van der Waals surface area contributed by atoms with E-state index in [0.29, 0.717) is 4.47 Å². The Balaban J connectivity index is 2.90. The van der Waals surface area contributed by atoms with Gasteiger partial charge in [-0.1, -0.05) is 15.9 Å². The molecule has 0 spiro atoms. The Morgan fingerprint density at radius 1 is 1.26 bits per heavy atom. The number of phenolic OH excluding ortho intramolecular Hbond substituents is 1. The van der Waals surface area contributed by atoms with Crippen LogP contribution in [0.15, 0.2) is 22.7 Å². The monoisotopic (exact) mass is 331 g/mol. The smallest absolute Gasteiger partial charge is 0.326 e. The highest BCUT2D eigenvalue weighted by atomic mass is 79.9. The summed E-state index contributed by atoms with van der Waals surface area (Å²) in [6.07, 6.45) is -0.754. The molecule has 0 saturated heterocycles. The van der Waals surface area contributed by atoms with Gasteiger partial charge in [0.25, 0.3) is 5.91 Å². The molecule has 1 aromatic rings. The molecule has 7 nitrogen and oxygen atoms in total. The van der Waals surface area contributed by atoms with E-state index in [-0.39, 0.29) is 11.3 Å². The number of halogens is 1. The fraction of sp³-hybridized carbons (Fsp3) is 0.182. The molecule has 0 aliphatic heterocycles. The van der Waals surface area contributed by atoms with Gasteiger partial charge in [-0.25, -0.2) is 4.79 Å². The average Bonchev–Trinajstić information content (AvgIpc) is 2.30. The van der Waals surface area contributed by atoms with Gasteiger partial charge in [0.2, 0.25) is 0 Å². The van der Waals surface area contributed by atoms with Crippen LogP contribution < -0.4 is 5.32 Å². The summed E-state index contributed by atoms with van der Waals surface area (Å²) < 4.78 is 0.514. The topological polar surface area (TPSA) is 124 Å². The molecular weight excluding hydrogens is 322 g/mol. The van der Waals surface area contributed by atoms with E-state index in [4.69, 9.17) is 10.2 Å².